The van der Waals surface area contributed by atoms with Crippen molar-refractivity contribution in [2.45, 2.75) is 45.8 Å². The second-order valence-corrected chi connectivity index (χ2v) is 8.55. The Balaban J connectivity index is 1.50. The zero-order valence-corrected chi connectivity index (χ0v) is 18.8. The molecule has 0 spiro atoms. The Morgan fingerprint density at radius 2 is 1.79 bits per heavy atom. The lowest BCUT2D eigenvalue weighted by atomic mass is 10.1. The van der Waals surface area contributed by atoms with Crippen LogP contribution in [0, 0.1) is 0 Å². The molecule has 3 aromatic heterocycles. The lowest BCUT2D eigenvalue weighted by molar-refractivity contribution is -0.0705. The zero-order valence-electron chi connectivity index (χ0n) is 18.8. The van der Waals surface area contributed by atoms with Crippen molar-refractivity contribution in [2.24, 2.45) is 0 Å². The van der Waals surface area contributed by atoms with Crippen molar-refractivity contribution in [1.29, 1.82) is 0 Å². The van der Waals surface area contributed by atoms with Gasteiger partial charge in [-0.15, -0.1) is 0 Å². The highest BCUT2D eigenvalue weighted by atomic mass is 19.3. The fourth-order valence-electron chi connectivity index (χ4n) is 4.51. The molecule has 11 heteroatoms. The molecule has 34 heavy (non-hydrogen) atoms. The van der Waals surface area contributed by atoms with Crippen LogP contribution in [-0.4, -0.2) is 61.0 Å². The molecule has 0 unspecified atom stereocenters. The van der Waals surface area contributed by atoms with Crippen molar-refractivity contribution < 1.29 is 18.3 Å². The van der Waals surface area contributed by atoms with E-state index in [2.05, 4.69) is 38.6 Å². The van der Waals surface area contributed by atoms with Crippen molar-refractivity contribution in [1.82, 2.24) is 29.0 Å². The van der Waals surface area contributed by atoms with Gasteiger partial charge in [0.1, 0.15) is 17.7 Å². The molecular weight excluding hydrogens is 446 g/mol. The molecule has 1 saturated heterocycles. The summed E-state index contributed by atoms with van der Waals surface area (Å²) in [6.45, 7) is 3.77. The summed E-state index contributed by atoms with van der Waals surface area (Å²) in [7, 11) is 0. The molecule has 0 radical (unpaired) electrons. The number of aromatic nitrogens is 5. The van der Waals surface area contributed by atoms with Gasteiger partial charge in [0.2, 0.25) is 0 Å². The van der Waals surface area contributed by atoms with E-state index in [1.165, 1.54) is 27.5 Å². The number of ether oxygens (including phenoxy) is 2. The van der Waals surface area contributed by atoms with E-state index in [9.17, 15) is 13.6 Å². The van der Waals surface area contributed by atoms with Crippen molar-refractivity contribution >= 4 is 16.7 Å². The molecule has 2 atom stereocenters. The summed E-state index contributed by atoms with van der Waals surface area (Å²) < 4.78 is 37.8. The number of halogens is 2. The molecule has 178 valence electrons. The molecular formula is C23H24F2N6O3. The van der Waals surface area contributed by atoms with E-state index in [-0.39, 0.29) is 30.2 Å². The van der Waals surface area contributed by atoms with Crippen LogP contribution in [0.1, 0.15) is 25.0 Å². The molecule has 0 bridgehead atoms. The van der Waals surface area contributed by atoms with E-state index in [1.807, 2.05) is 6.07 Å². The summed E-state index contributed by atoms with van der Waals surface area (Å²) in [6.07, 6.45) is 3.43. The first-order valence-electron chi connectivity index (χ1n) is 11.0. The van der Waals surface area contributed by atoms with E-state index in [0.717, 1.165) is 24.2 Å². The van der Waals surface area contributed by atoms with Crippen molar-refractivity contribution in [3.8, 4) is 5.75 Å². The molecule has 1 aliphatic heterocycles. The summed E-state index contributed by atoms with van der Waals surface area (Å²) in [6, 6.07) is 8.15. The van der Waals surface area contributed by atoms with Gasteiger partial charge >= 0.3 is 12.3 Å². The Morgan fingerprint density at radius 3 is 2.50 bits per heavy atom. The van der Waals surface area contributed by atoms with Gasteiger partial charge in [-0.2, -0.15) is 18.4 Å². The summed E-state index contributed by atoms with van der Waals surface area (Å²) in [4.78, 5) is 24.4. The lowest BCUT2D eigenvalue weighted by Gasteiger charge is -2.35. The van der Waals surface area contributed by atoms with Gasteiger partial charge in [0.25, 0.3) is 0 Å². The van der Waals surface area contributed by atoms with E-state index in [1.54, 1.807) is 18.3 Å². The first kappa shape index (κ1) is 22.4. The molecule has 4 aromatic rings. The van der Waals surface area contributed by atoms with Gasteiger partial charge in [-0.25, -0.2) is 14.8 Å². The highest BCUT2D eigenvalue weighted by Gasteiger charge is 2.23. The Labute approximate surface area is 193 Å². The minimum absolute atomic E-state index is 0.0530. The number of pyridine rings is 1. The molecule has 5 rings (SSSR count). The van der Waals surface area contributed by atoms with Crippen molar-refractivity contribution in [3.63, 3.8) is 0 Å². The average molecular weight is 470 g/mol. The first-order valence-corrected chi connectivity index (χ1v) is 11.0. The lowest BCUT2D eigenvalue weighted by Crippen LogP contribution is -2.44. The topological polar surface area (TPSA) is 86.8 Å². The van der Waals surface area contributed by atoms with Crippen LogP contribution in [0.2, 0.25) is 0 Å². The SMILES string of the molecule is C[C@@H]1CN(Cc2cnc3c(c2)c2ncnn2c(=O)n3Cc2ccc(OC(F)F)cc2)C[C@H](C)O1. The Kier molecular flexibility index (Phi) is 5.96. The van der Waals surface area contributed by atoms with Gasteiger partial charge in [-0.3, -0.25) is 9.47 Å². The van der Waals surface area contributed by atoms with E-state index in [4.69, 9.17) is 4.74 Å². The van der Waals surface area contributed by atoms with Crippen LogP contribution >= 0.6 is 0 Å². The molecule has 0 saturated carbocycles. The fraction of sp³-hybridized carbons (Fsp3) is 0.391. The number of morpholine rings is 1. The maximum absolute atomic E-state index is 13.1. The maximum Gasteiger partial charge on any atom is 0.387 e. The number of fused-ring (bicyclic) bond motifs is 3. The molecule has 1 fully saturated rings. The second-order valence-electron chi connectivity index (χ2n) is 8.55. The van der Waals surface area contributed by atoms with Crippen molar-refractivity contribution in [2.75, 3.05) is 13.1 Å². The first-order chi connectivity index (χ1) is 16.4. The number of benzene rings is 1. The number of nitrogens with zero attached hydrogens (tertiary/aromatic N) is 6. The third-order valence-corrected chi connectivity index (χ3v) is 5.77. The Morgan fingerprint density at radius 1 is 1.06 bits per heavy atom. The van der Waals surface area contributed by atoms with Crippen LogP contribution in [0.5, 0.6) is 5.75 Å². The highest BCUT2D eigenvalue weighted by Crippen LogP contribution is 2.21. The monoisotopic (exact) mass is 470 g/mol. The fourth-order valence-corrected chi connectivity index (χ4v) is 4.51. The third kappa shape index (κ3) is 4.48. The van der Waals surface area contributed by atoms with Gasteiger partial charge in [-0.1, -0.05) is 12.1 Å². The van der Waals surface area contributed by atoms with Crippen LogP contribution in [0.15, 0.2) is 47.7 Å². The van der Waals surface area contributed by atoms with Gasteiger partial charge in [-0.05, 0) is 43.2 Å². The van der Waals surface area contributed by atoms with Gasteiger partial charge in [0.15, 0.2) is 5.65 Å². The quantitative estimate of drug-likeness (QED) is 0.428. The number of alkyl halides is 2. The minimum Gasteiger partial charge on any atom is -0.435 e. The van der Waals surface area contributed by atoms with Crippen LogP contribution in [-0.2, 0) is 17.8 Å². The number of hydrogen-bond donors (Lipinski definition) is 0. The summed E-state index contributed by atoms with van der Waals surface area (Å²) >= 11 is 0. The molecule has 0 amide bonds. The van der Waals surface area contributed by atoms with E-state index < -0.39 is 6.61 Å². The van der Waals surface area contributed by atoms with Gasteiger partial charge < -0.3 is 9.47 Å². The number of hydrogen-bond acceptors (Lipinski definition) is 7. The average Bonchev–Trinajstić information content (AvgIpc) is 3.27. The van der Waals surface area contributed by atoms with Crippen LogP contribution in [0.25, 0.3) is 16.7 Å². The van der Waals surface area contributed by atoms with E-state index >= 15 is 0 Å². The highest BCUT2D eigenvalue weighted by molar-refractivity contribution is 5.89. The molecule has 1 aromatic carbocycles. The molecule has 0 aliphatic carbocycles. The van der Waals surface area contributed by atoms with Gasteiger partial charge in [0.05, 0.1) is 24.1 Å². The van der Waals surface area contributed by atoms with E-state index in [0.29, 0.717) is 23.2 Å². The molecule has 0 N–H and O–H groups in total. The Bertz CT molecular complexity index is 1360. The molecule has 9 nitrogen and oxygen atoms in total. The van der Waals surface area contributed by atoms with Crippen LogP contribution in [0.4, 0.5) is 8.78 Å². The summed E-state index contributed by atoms with van der Waals surface area (Å²) in [5.74, 6) is 0.0530. The minimum atomic E-state index is -2.89. The molecule has 1 aliphatic rings. The van der Waals surface area contributed by atoms with Crippen LogP contribution < -0.4 is 10.4 Å². The standard InChI is InChI=1S/C23H24F2N6O3/c1-14-9-29(10-15(2)33-14)11-17-7-19-20(26-8-17)30(23(32)31-21(19)27-13-28-31)12-16-3-5-18(6-4-16)34-22(24)25/h3-8,13-15,22H,9-12H2,1-2H3/t14-,15+. The third-order valence-electron chi connectivity index (χ3n) is 5.77. The van der Waals surface area contributed by atoms with Crippen LogP contribution in [0.3, 0.4) is 0 Å². The Hall–Kier alpha value is -3.44. The maximum atomic E-state index is 13.1. The number of rotatable bonds is 6. The largest absolute Gasteiger partial charge is 0.435 e. The normalized spacial score (nSPS) is 19.3. The summed E-state index contributed by atoms with van der Waals surface area (Å²) in [5, 5.41) is 4.81. The predicted octanol–water partition coefficient (Wildman–Crippen LogP) is 2.70. The molecule has 4 heterocycles. The summed E-state index contributed by atoms with van der Waals surface area (Å²) in [5.41, 5.74) is 2.26. The predicted molar refractivity (Wildman–Crippen MR) is 120 cm³/mol. The van der Waals surface area contributed by atoms with Crippen molar-refractivity contribution in [3.05, 3.63) is 64.5 Å². The smallest absolute Gasteiger partial charge is 0.387 e. The zero-order chi connectivity index (χ0) is 23.8. The second kappa shape index (κ2) is 9.07. The van der Waals surface area contributed by atoms with Gasteiger partial charge in [0, 0.05) is 25.8 Å².